The van der Waals surface area contributed by atoms with Crippen LogP contribution in [-0.4, -0.2) is 61.7 Å². The molecule has 0 bridgehead atoms. The molecular formula is C22H25ClFN3O4S. The first kappa shape index (κ1) is 24.2. The van der Waals surface area contributed by atoms with Crippen molar-refractivity contribution in [3.8, 4) is 0 Å². The van der Waals surface area contributed by atoms with Gasteiger partial charge in [-0.1, -0.05) is 49.7 Å². The van der Waals surface area contributed by atoms with E-state index in [2.05, 4.69) is 5.32 Å². The summed E-state index contributed by atoms with van der Waals surface area (Å²) in [6.45, 7) is 3.97. The second-order valence-corrected chi connectivity index (χ2v) is 10.1. The number of carbonyl (C=O) groups is 2. The summed E-state index contributed by atoms with van der Waals surface area (Å²) >= 11 is 6.09. The average molecular weight is 482 g/mol. The second kappa shape index (κ2) is 9.97. The van der Waals surface area contributed by atoms with Crippen LogP contribution in [0.3, 0.4) is 0 Å². The van der Waals surface area contributed by atoms with Crippen molar-refractivity contribution in [2.24, 2.45) is 5.92 Å². The van der Waals surface area contributed by atoms with Gasteiger partial charge in [0.25, 0.3) is 5.91 Å². The molecule has 1 heterocycles. The summed E-state index contributed by atoms with van der Waals surface area (Å²) in [4.78, 5) is 26.9. The van der Waals surface area contributed by atoms with E-state index in [0.717, 1.165) is 6.07 Å². The van der Waals surface area contributed by atoms with Crippen molar-refractivity contribution >= 4 is 33.4 Å². The van der Waals surface area contributed by atoms with Crippen molar-refractivity contribution < 1.29 is 22.4 Å². The van der Waals surface area contributed by atoms with Crippen LogP contribution < -0.4 is 5.32 Å². The van der Waals surface area contributed by atoms with Crippen molar-refractivity contribution in [2.45, 2.75) is 24.8 Å². The van der Waals surface area contributed by atoms with E-state index < -0.39 is 27.8 Å². The van der Waals surface area contributed by atoms with Gasteiger partial charge >= 0.3 is 0 Å². The number of hydrogen-bond acceptors (Lipinski definition) is 4. The molecule has 0 spiro atoms. The Labute approximate surface area is 192 Å². The Hall–Kier alpha value is -2.49. The van der Waals surface area contributed by atoms with Gasteiger partial charge in [-0.2, -0.15) is 4.31 Å². The fraction of sp³-hybridized carbons (Fsp3) is 0.364. The van der Waals surface area contributed by atoms with Crippen molar-refractivity contribution in [3.05, 3.63) is 64.9 Å². The minimum Gasteiger partial charge on any atom is -0.340 e. The molecule has 1 aliphatic heterocycles. The molecule has 0 radical (unpaired) electrons. The normalized spacial score (nSPS) is 16.1. The van der Waals surface area contributed by atoms with Crippen LogP contribution >= 0.6 is 11.6 Å². The number of halogens is 2. The molecule has 2 aromatic rings. The molecule has 0 saturated carbocycles. The van der Waals surface area contributed by atoms with Gasteiger partial charge in [0.1, 0.15) is 16.8 Å². The fourth-order valence-corrected chi connectivity index (χ4v) is 5.23. The maximum Gasteiger partial charge on any atom is 0.253 e. The first-order chi connectivity index (χ1) is 15.1. The van der Waals surface area contributed by atoms with Crippen molar-refractivity contribution in [3.63, 3.8) is 0 Å². The minimum absolute atomic E-state index is 0.0334. The molecule has 7 nitrogen and oxygen atoms in total. The lowest BCUT2D eigenvalue weighted by Gasteiger charge is -2.36. The minimum atomic E-state index is -4.00. The number of rotatable bonds is 6. The summed E-state index contributed by atoms with van der Waals surface area (Å²) in [7, 11) is -4.00. The Morgan fingerprint density at radius 3 is 2.19 bits per heavy atom. The summed E-state index contributed by atoms with van der Waals surface area (Å²) in [6, 6.07) is 11.0. The summed E-state index contributed by atoms with van der Waals surface area (Å²) in [5, 5.41) is 3.03. The Morgan fingerprint density at radius 1 is 1.00 bits per heavy atom. The maximum atomic E-state index is 14.0. The van der Waals surface area contributed by atoms with E-state index in [1.807, 2.05) is 13.8 Å². The monoisotopic (exact) mass is 481 g/mol. The third-order valence-corrected chi connectivity index (χ3v) is 7.60. The topological polar surface area (TPSA) is 86.8 Å². The lowest BCUT2D eigenvalue weighted by Crippen LogP contribution is -2.57. The van der Waals surface area contributed by atoms with Gasteiger partial charge < -0.3 is 10.2 Å². The number of nitrogens with one attached hydrogen (secondary N) is 1. The van der Waals surface area contributed by atoms with E-state index in [4.69, 9.17) is 11.6 Å². The number of benzene rings is 2. The van der Waals surface area contributed by atoms with Crippen LogP contribution in [0, 0.1) is 11.7 Å². The zero-order valence-corrected chi connectivity index (χ0v) is 19.4. The van der Waals surface area contributed by atoms with E-state index in [1.54, 1.807) is 24.3 Å². The molecule has 2 aromatic carbocycles. The third-order valence-electron chi connectivity index (χ3n) is 5.34. The van der Waals surface area contributed by atoms with Gasteiger partial charge in [-0.15, -0.1) is 0 Å². The quantitative estimate of drug-likeness (QED) is 0.687. The van der Waals surface area contributed by atoms with Gasteiger partial charge in [0, 0.05) is 26.2 Å². The molecule has 2 amide bonds. The predicted octanol–water partition coefficient (Wildman–Crippen LogP) is 2.77. The van der Waals surface area contributed by atoms with Crippen LogP contribution in [0.15, 0.2) is 53.4 Å². The first-order valence-corrected chi connectivity index (χ1v) is 12.0. The molecule has 172 valence electrons. The maximum absolute atomic E-state index is 14.0. The molecule has 10 heteroatoms. The van der Waals surface area contributed by atoms with Gasteiger partial charge in [0.05, 0.1) is 10.6 Å². The molecule has 1 N–H and O–H groups in total. The van der Waals surface area contributed by atoms with Crippen LogP contribution in [0.1, 0.15) is 24.2 Å². The number of nitrogens with zero attached hydrogens (tertiary/aromatic N) is 2. The predicted molar refractivity (Wildman–Crippen MR) is 119 cm³/mol. The zero-order valence-electron chi connectivity index (χ0n) is 17.8. The Balaban J connectivity index is 1.68. The molecule has 32 heavy (non-hydrogen) atoms. The molecule has 1 aliphatic rings. The average Bonchev–Trinajstić information content (AvgIpc) is 2.77. The molecule has 0 unspecified atom stereocenters. The standard InChI is InChI=1S/C22H25ClFN3O4S/c1-15(2)20(25-21(28)16-7-3-4-8-17(16)23)22(29)26-11-13-27(14-12-26)32(30,31)19-10-6-5-9-18(19)24/h3-10,15,20H,11-14H2,1-2H3,(H,25,28)/t20-/m0/s1. The zero-order chi connectivity index (χ0) is 23.5. The molecule has 1 fully saturated rings. The van der Waals surface area contributed by atoms with Gasteiger partial charge in [-0.05, 0) is 30.2 Å². The Morgan fingerprint density at radius 2 is 1.59 bits per heavy atom. The van der Waals surface area contributed by atoms with Crippen LogP contribution in [0.2, 0.25) is 5.02 Å². The lowest BCUT2D eigenvalue weighted by molar-refractivity contribution is -0.135. The molecular weight excluding hydrogens is 457 g/mol. The van der Waals surface area contributed by atoms with E-state index >= 15 is 0 Å². The van der Waals surface area contributed by atoms with Gasteiger partial charge in [0.2, 0.25) is 15.9 Å². The molecule has 1 atom stereocenters. The third kappa shape index (κ3) is 5.11. The molecule has 3 rings (SSSR count). The number of hydrogen-bond donors (Lipinski definition) is 1. The highest BCUT2D eigenvalue weighted by Crippen LogP contribution is 2.21. The molecule has 1 saturated heterocycles. The van der Waals surface area contributed by atoms with E-state index in [0.29, 0.717) is 0 Å². The highest BCUT2D eigenvalue weighted by atomic mass is 35.5. The number of amides is 2. The van der Waals surface area contributed by atoms with Crippen LogP contribution in [0.25, 0.3) is 0 Å². The largest absolute Gasteiger partial charge is 0.340 e. The number of carbonyl (C=O) groups excluding carboxylic acids is 2. The van der Waals surface area contributed by atoms with Crippen molar-refractivity contribution in [1.82, 2.24) is 14.5 Å². The second-order valence-electron chi connectivity index (χ2n) is 7.83. The number of sulfonamides is 1. The summed E-state index contributed by atoms with van der Waals surface area (Å²) in [5.41, 5.74) is 0.272. The SMILES string of the molecule is CC(C)[C@H](NC(=O)c1ccccc1Cl)C(=O)N1CCN(S(=O)(=O)c2ccccc2F)CC1. The van der Waals surface area contributed by atoms with Crippen LogP contribution in [0.5, 0.6) is 0 Å². The van der Waals surface area contributed by atoms with Crippen molar-refractivity contribution in [1.29, 1.82) is 0 Å². The fourth-order valence-electron chi connectivity index (χ4n) is 3.52. The van der Waals surface area contributed by atoms with Crippen molar-refractivity contribution in [2.75, 3.05) is 26.2 Å². The number of piperazine rings is 1. The van der Waals surface area contributed by atoms with E-state index in [1.165, 1.54) is 27.4 Å². The van der Waals surface area contributed by atoms with Gasteiger partial charge in [0.15, 0.2) is 0 Å². The Bertz CT molecular complexity index is 1100. The van der Waals surface area contributed by atoms with E-state index in [-0.39, 0.29) is 53.5 Å². The molecule has 0 aromatic heterocycles. The highest BCUT2D eigenvalue weighted by molar-refractivity contribution is 7.89. The summed E-state index contributed by atoms with van der Waals surface area (Å²) < 4.78 is 40.7. The first-order valence-electron chi connectivity index (χ1n) is 10.2. The highest BCUT2D eigenvalue weighted by Gasteiger charge is 2.35. The lowest BCUT2D eigenvalue weighted by atomic mass is 10.0. The smallest absolute Gasteiger partial charge is 0.253 e. The summed E-state index contributed by atoms with van der Waals surface area (Å²) in [5.74, 6) is -1.77. The van der Waals surface area contributed by atoms with E-state index in [9.17, 15) is 22.4 Å². The Kier molecular flexibility index (Phi) is 7.53. The van der Waals surface area contributed by atoms with Gasteiger partial charge in [-0.25, -0.2) is 12.8 Å². The summed E-state index contributed by atoms with van der Waals surface area (Å²) in [6.07, 6.45) is 0. The van der Waals surface area contributed by atoms with Crippen LogP contribution in [-0.2, 0) is 14.8 Å². The molecule has 0 aliphatic carbocycles. The van der Waals surface area contributed by atoms with Gasteiger partial charge in [-0.3, -0.25) is 9.59 Å². The van der Waals surface area contributed by atoms with Crippen LogP contribution in [0.4, 0.5) is 4.39 Å².